The third-order valence-electron chi connectivity index (χ3n) is 9.32. The van der Waals surface area contributed by atoms with Gasteiger partial charge in [0, 0.05) is 38.2 Å². The summed E-state index contributed by atoms with van der Waals surface area (Å²) in [5, 5.41) is 7.21. The molecule has 0 atom stereocenters. The van der Waals surface area contributed by atoms with Crippen molar-refractivity contribution in [3.8, 4) is 22.5 Å². The van der Waals surface area contributed by atoms with Gasteiger partial charge < -0.3 is 13.6 Å². The van der Waals surface area contributed by atoms with Crippen molar-refractivity contribution in [2.45, 2.75) is 0 Å². The van der Waals surface area contributed by atoms with Crippen molar-refractivity contribution in [1.82, 2.24) is 9.13 Å². The van der Waals surface area contributed by atoms with Crippen LogP contribution in [0.1, 0.15) is 0 Å². The van der Waals surface area contributed by atoms with E-state index in [9.17, 15) is 0 Å². The highest BCUT2D eigenvalue weighted by atomic mass is 16.3. The Bertz CT molecular complexity index is 2760. The summed E-state index contributed by atoms with van der Waals surface area (Å²) in [5.74, 6) is 0. The van der Waals surface area contributed by atoms with Crippen LogP contribution in [-0.4, -0.2) is 9.13 Å². The third kappa shape index (κ3) is 3.41. The second-order valence-electron chi connectivity index (χ2n) is 11.7. The number of nitrogens with zero attached hydrogens (tertiary/aromatic N) is 2. The molecule has 0 N–H and O–H groups in total. The second-order valence-corrected chi connectivity index (χ2v) is 11.7. The smallest absolute Gasteiger partial charge is 0.137 e. The summed E-state index contributed by atoms with van der Waals surface area (Å²) in [6.07, 6.45) is 0. The van der Waals surface area contributed by atoms with Gasteiger partial charge in [0.2, 0.25) is 0 Å². The standard InChI is InChI=1S/C42H26N2O/c1-2-12-27(13-3-1)29-14-4-8-18-35(29)44-37-20-10-5-15-30(37)32-23-22-28(26-38(32)44)43-36-19-9-6-16-31(36)33-24-25-40-41(42(33)43)34-17-7-11-21-39(34)45-40/h1-26H. The lowest BCUT2D eigenvalue weighted by molar-refractivity contribution is 0.669. The molecule has 7 aromatic carbocycles. The molecule has 210 valence electrons. The summed E-state index contributed by atoms with van der Waals surface area (Å²) in [6.45, 7) is 0. The van der Waals surface area contributed by atoms with Crippen LogP contribution < -0.4 is 0 Å². The first kappa shape index (κ1) is 24.4. The van der Waals surface area contributed by atoms with Gasteiger partial charge in [-0.25, -0.2) is 0 Å². The number of benzene rings is 7. The largest absolute Gasteiger partial charge is 0.456 e. The van der Waals surface area contributed by atoms with Gasteiger partial charge >= 0.3 is 0 Å². The van der Waals surface area contributed by atoms with Gasteiger partial charge in [-0.2, -0.15) is 0 Å². The van der Waals surface area contributed by atoms with Crippen molar-refractivity contribution < 1.29 is 4.42 Å². The molecule has 0 amide bonds. The number of rotatable bonds is 3. The second kappa shape index (κ2) is 9.22. The molecule has 45 heavy (non-hydrogen) atoms. The maximum atomic E-state index is 6.37. The van der Waals surface area contributed by atoms with Gasteiger partial charge in [-0.3, -0.25) is 0 Å². The quantitative estimate of drug-likeness (QED) is 0.206. The lowest BCUT2D eigenvalue weighted by atomic mass is 10.0. The summed E-state index contributed by atoms with van der Waals surface area (Å²) in [6, 6.07) is 56.5. The van der Waals surface area contributed by atoms with Crippen molar-refractivity contribution in [2.75, 3.05) is 0 Å². The predicted molar refractivity (Wildman–Crippen MR) is 188 cm³/mol. The summed E-state index contributed by atoms with van der Waals surface area (Å²) >= 11 is 0. The molecule has 0 radical (unpaired) electrons. The van der Waals surface area contributed by atoms with Gasteiger partial charge in [0.25, 0.3) is 0 Å². The van der Waals surface area contributed by atoms with E-state index in [0.717, 1.165) is 33.3 Å². The van der Waals surface area contributed by atoms with Crippen LogP contribution in [0.3, 0.4) is 0 Å². The van der Waals surface area contributed by atoms with Crippen LogP contribution in [0, 0.1) is 0 Å². The van der Waals surface area contributed by atoms with E-state index < -0.39 is 0 Å². The minimum atomic E-state index is 0.903. The van der Waals surface area contributed by atoms with Crippen LogP contribution in [0.15, 0.2) is 162 Å². The first-order valence-electron chi connectivity index (χ1n) is 15.4. The maximum absolute atomic E-state index is 6.37. The topological polar surface area (TPSA) is 23.0 Å². The fraction of sp³-hybridized carbons (Fsp3) is 0. The lowest BCUT2D eigenvalue weighted by Crippen LogP contribution is -1.99. The highest BCUT2D eigenvalue weighted by Crippen LogP contribution is 2.42. The van der Waals surface area contributed by atoms with Crippen LogP contribution in [0.2, 0.25) is 0 Å². The number of furan rings is 1. The first-order valence-corrected chi connectivity index (χ1v) is 15.4. The number of hydrogen-bond acceptors (Lipinski definition) is 1. The average molecular weight is 575 g/mol. The van der Waals surface area contributed by atoms with E-state index in [4.69, 9.17) is 4.42 Å². The Hall–Kier alpha value is -6.06. The van der Waals surface area contributed by atoms with E-state index in [1.807, 2.05) is 6.07 Å². The summed E-state index contributed by atoms with van der Waals surface area (Å²) in [5.41, 5.74) is 11.2. The van der Waals surface area contributed by atoms with Crippen LogP contribution >= 0.6 is 0 Å². The van der Waals surface area contributed by atoms with Crippen molar-refractivity contribution >= 4 is 65.6 Å². The molecule has 3 heterocycles. The minimum absolute atomic E-state index is 0.903. The molecule has 3 aromatic heterocycles. The van der Waals surface area contributed by atoms with E-state index >= 15 is 0 Å². The molecular formula is C42H26N2O. The van der Waals surface area contributed by atoms with Crippen LogP contribution in [-0.2, 0) is 0 Å². The number of aromatic nitrogens is 2. The molecule has 10 rings (SSSR count). The number of hydrogen-bond donors (Lipinski definition) is 0. The van der Waals surface area contributed by atoms with E-state index in [1.54, 1.807) is 0 Å². The van der Waals surface area contributed by atoms with Crippen LogP contribution in [0.5, 0.6) is 0 Å². The van der Waals surface area contributed by atoms with Crippen LogP contribution in [0.25, 0.3) is 88.1 Å². The van der Waals surface area contributed by atoms with Crippen molar-refractivity contribution in [2.24, 2.45) is 0 Å². The van der Waals surface area contributed by atoms with Crippen molar-refractivity contribution in [3.05, 3.63) is 158 Å². The molecule has 0 unspecified atom stereocenters. The molecular weight excluding hydrogens is 548 g/mol. The first-order chi connectivity index (χ1) is 22.3. The van der Waals surface area contributed by atoms with Gasteiger partial charge in [-0.15, -0.1) is 0 Å². The molecule has 0 spiro atoms. The highest BCUT2D eigenvalue weighted by Gasteiger charge is 2.21. The van der Waals surface area contributed by atoms with Gasteiger partial charge in [-0.05, 0) is 54.1 Å². The van der Waals surface area contributed by atoms with Gasteiger partial charge in [0.15, 0.2) is 0 Å². The Morgan fingerprint density at radius 2 is 1.02 bits per heavy atom. The normalized spacial score (nSPS) is 12.0. The molecule has 3 nitrogen and oxygen atoms in total. The SMILES string of the molecule is c1ccc(-c2ccccc2-n2c3ccccc3c3ccc(-n4c5ccccc5c5ccc6oc7ccccc7c6c54)cc32)cc1. The average Bonchev–Trinajstić information content (AvgIpc) is 3.76. The molecule has 10 aromatic rings. The fourth-order valence-electron chi connectivity index (χ4n) is 7.42. The summed E-state index contributed by atoms with van der Waals surface area (Å²) in [4.78, 5) is 0. The molecule has 0 aliphatic heterocycles. The Morgan fingerprint density at radius 1 is 0.400 bits per heavy atom. The molecule has 3 heteroatoms. The van der Waals surface area contributed by atoms with Crippen molar-refractivity contribution in [1.29, 1.82) is 0 Å². The lowest BCUT2D eigenvalue weighted by Gasteiger charge is -2.15. The summed E-state index contributed by atoms with van der Waals surface area (Å²) in [7, 11) is 0. The zero-order valence-electron chi connectivity index (χ0n) is 24.3. The molecule has 0 fully saturated rings. The number of fused-ring (bicyclic) bond motifs is 10. The third-order valence-corrected chi connectivity index (χ3v) is 9.32. The molecule has 0 saturated heterocycles. The van der Waals surface area contributed by atoms with Gasteiger partial charge in [0.1, 0.15) is 11.2 Å². The predicted octanol–water partition coefficient (Wildman–Crippen LogP) is 11.4. The molecule has 0 bridgehead atoms. The van der Waals surface area contributed by atoms with Crippen LogP contribution in [0.4, 0.5) is 0 Å². The number of para-hydroxylation sites is 4. The van der Waals surface area contributed by atoms with E-state index in [1.165, 1.54) is 54.7 Å². The fourth-order valence-corrected chi connectivity index (χ4v) is 7.42. The monoisotopic (exact) mass is 574 g/mol. The van der Waals surface area contributed by atoms with E-state index in [0.29, 0.717) is 0 Å². The highest BCUT2D eigenvalue weighted by molar-refractivity contribution is 6.24. The van der Waals surface area contributed by atoms with E-state index in [2.05, 4.69) is 161 Å². The van der Waals surface area contributed by atoms with E-state index in [-0.39, 0.29) is 0 Å². The Morgan fingerprint density at radius 3 is 1.87 bits per heavy atom. The Labute approximate surface area is 258 Å². The molecule has 0 saturated carbocycles. The minimum Gasteiger partial charge on any atom is -0.456 e. The zero-order valence-corrected chi connectivity index (χ0v) is 24.3. The Balaban J connectivity index is 1.35. The zero-order chi connectivity index (χ0) is 29.5. The van der Waals surface area contributed by atoms with Crippen molar-refractivity contribution in [3.63, 3.8) is 0 Å². The summed E-state index contributed by atoms with van der Waals surface area (Å²) < 4.78 is 11.2. The Kier molecular flexibility index (Phi) is 5.00. The molecule has 0 aliphatic carbocycles. The van der Waals surface area contributed by atoms with Gasteiger partial charge in [0.05, 0.1) is 33.1 Å². The molecule has 0 aliphatic rings. The maximum Gasteiger partial charge on any atom is 0.137 e. The van der Waals surface area contributed by atoms with Gasteiger partial charge in [-0.1, -0.05) is 109 Å².